The Hall–Kier alpha value is -3.41. The number of hydrogen-bond acceptors (Lipinski definition) is 5. The van der Waals surface area contributed by atoms with Crippen molar-refractivity contribution in [2.45, 2.75) is 33.4 Å². The molecular formula is C22H22N2O4. The van der Waals surface area contributed by atoms with Crippen LogP contribution in [0.5, 0.6) is 0 Å². The van der Waals surface area contributed by atoms with Crippen LogP contribution in [0, 0.1) is 6.92 Å². The van der Waals surface area contributed by atoms with Gasteiger partial charge in [-0.15, -0.1) is 0 Å². The van der Waals surface area contributed by atoms with Crippen molar-refractivity contribution in [1.29, 1.82) is 0 Å². The molecule has 1 N–H and O–H groups in total. The van der Waals surface area contributed by atoms with E-state index >= 15 is 0 Å². The van der Waals surface area contributed by atoms with Crippen molar-refractivity contribution in [3.05, 3.63) is 77.3 Å². The molecule has 0 aliphatic heterocycles. The zero-order valence-corrected chi connectivity index (χ0v) is 16.1. The molecule has 6 heteroatoms. The minimum absolute atomic E-state index is 0.0486. The van der Waals surface area contributed by atoms with Gasteiger partial charge in [-0.05, 0) is 32.4 Å². The molecule has 0 aliphatic rings. The van der Waals surface area contributed by atoms with Crippen LogP contribution in [0.2, 0.25) is 0 Å². The average Bonchev–Trinajstić information content (AvgIpc) is 3.16. The first kappa shape index (κ1) is 19.4. The summed E-state index contributed by atoms with van der Waals surface area (Å²) >= 11 is 0. The molecule has 0 aliphatic carbocycles. The van der Waals surface area contributed by atoms with Gasteiger partial charge in [-0.1, -0.05) is 48.0 Å². The summed E-state index contributed by atoms with van der Waals surface area (Å²) in [6.45, 7) is 5.91. The molecule has 1 aromatic heterocycles. The van der Waals surface area contributed by atoms with Crippen LogP contribution in [-0.4, -0.2) is 23.0 Å². The summed E-state index contributed by atoms with van der Waals surface area (Å²) in [6, 6.07) is 14.9. The van der Waals surface area contributed by atoms with E-state index in [-0.39, 0.29) is 23.5 Å². The van der Waals surface area contributed by atoms with Crippen molar-refractivity contribution >= 4 is 11.9 Å². The Morgan fingerprint density at radius 3 is 2.54 bits per heavy atom. The van der Waals surface area contributed by atoms with Crippen molar-refractivity contribution < 1.29 is 18.7 Å². The van der Waals surface area contributed by atoms with Crippen molar-refractivity contribution in [2.75, 3.05) is 0 Å². The highest BCUT2D eigenvalue weighted by Crippen LogP contribution is 2.27. The van der Waals surface area contributed by atoms with Crippen LogP contribution in [-0.2, 0) is 11.3 Å². The molecule has 0 radical (unpaired) electrons. The Morgan fingerprint density at radius 1 is 1.11 bits per heavy atom. The molecule has 6 nitrogen and oxygen atoms in total. The molecule has 144 valence electrons. The fourth-order valence-corrected chi connectivity index (χ4v) is 2.72. The molecule has 1 heterocycles. The molecule has 0 unspecified atom stereocenters. The van der Waals surface area contributed by atoms with Gasteiger partial charge in [0, 0.05) is 12.1 Å². The van der Waals surface area contributed by atoms with Crippen LogP contribution in [0.15, 0.2) is 59.3 Å². The number of nitrogens with zero attached hydrogens (tertiary/aromatic N) is 1. The van der Waals surface area contributed by atoms with E-state index in [1.165, 1.54) is 6.39 Å². The number of amides is 1. The number of rotatable bonds is 6. The Bertz CT molecular complexity index is 974. The van der Waals surface area contributed by atoms with Gasteiger partial charge in [0.1, 0.15) is 0 Å². The van der Waals surface area contributed by atoms with Crippen LogP contribution in [0.25, 0.3) is 11.3 Å². The third-order valence-electron chi connectivity index (χ3n) is 4.09. The van der Waals surface area contributed by atoms with Gasteiger partial charge in [0.05, 0.1) is 11.7 Å². The number of esters is 1. The number of ether oxygens (including phenoxy) is 1. The van der Waals surface area contributed by atoms with Crippen LogP contribution >= 0.6 is 0 Å². The van der Waals surface area contributed by atoms with Gasteiger partial charge in [0.2, 0.25) is 0 Å². The normalized spacial score (nSPS) is 10.7. The third-order valence-corrected chi connectivity index (χ3v) is 4.09. The minimum Gasteiger partial charge on any atom is -0.458 e. The summed E-state index contributed by atoms with van der Waals surface area (Å²) < 4.78 is 10.6. The smallest absolute Gasteiger partial charge is 0.361 e. The fourth-order valence-electron chi connectivity index (χ4n) is 2.72. The average molecular weight is 378 g/mol. The molecule has 28 heavy (non-hydrogen) atoms. The van der Waals surface area contributed by atoms with E-state index in [1.807, 2.05) is 31.2 Å². The van der Waals surface area contributed by atoms with Gasteiger partial charge in [-0.2, -0.15) is 0 Å². The van der Waals surface area contributed by atoms with E-state index in [9.17, 15) is 9.59 Å². The Morgan fingerprint density at radius 2 is 1.82 bits per heavy atom. The van der Waals surface area contributed by atoms with Crippen molar-refractivity contribution in [1.82, 2.24) is 10.3 Å². The molecule has 0 atom stereocenters. The van der Waals surface area contributed by atoms with Crippen molar-refractivity contribution in [2.24, 2.45) is 0 Å². The van der Waals surface area contributed by atoms with Crippen molar-refractivity contribution in [3.63, 3.8) is 0 Å². The molecular weight excluding hydrogens is 356 g/mol. The third kappa shape index (κ3) is 4.46. The molecule has 0 spiro atoms. The zero-order chi connectivity index (χ0) is 20.1. The Labute approximate surface area is 163 Å². The van der Waals surface area contributed by atoms with E-state index in [0.717, 1.165) is 11.1 Å². The first-order valence-electron chi connectivity index (χ1n) is 9.03. The zero-order valence-electron chi connectivity index (χ0n) is 16.1. The summed E-state index contributed by atoms with van der Waals surface area (Å²) in [6.07, 6.45) is 0.887. The lowest BCUT2D eigenvalue weighted by Gasteiger charge is -2.10. The largest absolute Gasteiger partial charge is 0.458 e. The molecule has 1 amide bonds. The maximum atomic E-state index is 12.8. The number of hydrogen-bond donors (Lipinski definition) is 1. The molecule has 3 aromatic rings. The summed E-state index contributed by atoms with van der Waals surface area (Å²) in [5, 5.41) is 2.90. The highest BCUT2D eigenvalue weighted by Gasteiger charge is 2.24. The fraction of sp³-hybridized carbons (Fsp3) is 0.227. The van der Waals surface area contributed by atoms with Gasteiger partial charge >= 0.3 is 5.97 Å². The number of nitrogens with one attached hydrogen (secondary N) is 1. The minimum atomic E-state index is -0.589. The van der Waals surface area contributed by atoms with Crippen LogP contribution in [0.1, 0.15) is 45.8 Å². The number of carbonyl (C=O) groups excluding carboxylic acids is 2. The summed E-state index contributed by atoms with van der Waals surface area (Å²) in [5.41, 5.74) is 3.08. The second-order valence-corrected chi connectivity index (χ2v) is 6.70. The summed E-state index contributed by atoms with van der Waals surface area (Å²) in [4.78, 5) is 29.0. The SMILES string of the molecule is Cc1ccc(CNC(=O)c2ccccc2-c2ocnc2C(=O)OC(C)C)cc1. The Kier molecular flexibility index (Phi) is 5.89. The second kappa shape index (κ2) is 8.52. The quantitative estimate of drug-likeness (QED) is 0.652. The predicted octanol–water partition coefficient (Wildman–Crippen LogP) is 4.15. The number of benzene rings is 2. The number of aryl methyl sites for hydroxylation is 1. The molecule has 0 saturated carbocycles. The maximum Gasteiger partial charge on any atom is 0.361 e. The van der Waals surface area contributed by atoms with E-state index in [1.54, 1.807) is 38.1 Å². The van der Waals surface area contributed by atoms with Crippen LogP contribution in [0.3, 0.4) is 0 Å². The molecule has 2 aromatic carbocycles. The highest BCUT2D eigenvalue weighted by molar-refractivity contribution is 6.03. The number of oxazole rings is 1. The van der Waals surface area contributed by atoms with Gasteiger partial charge < -0.3 is 14.5 Å². The van der Waals surface area contributed by atoms with Gasteiger partial charge in [-0.3, -0.25) is 4.79 Å². The van der Waals surface area contributed by atoms with E-state index < -0.39 is 5.97 Å². The molecule has 0 fully saturated rings. The number of aromatic nitrogens is 1. The standard InChI is InChI=1S/C22H22N2O4/c1-14(2)28-22(26)19-20(27-13-24-19)17-6-4-5-7-18(17)21(25)23-12-16-10-8-15(3)9-11-16/h4-11,13-14H,12H2,1-3H3,(H,23,25). The highest BCUT2D eigenvalue weighted by atomic mass is 16.5. The molecule has 0 saturated heterocycles. The van der Waals surface area contributed by atoms with Gasteiger partial charge in [0.15, 0.2) is 17.8 Å². The van der Waals surface area contributed by atoms with E-state index in [0.29, 0.717) is 17.7 Å². The van der Waals surface area contributed by atoms with Gasteiger partial charge in [0.25, 0.3) is 5.91 Å². The lowest BCUT2D eigenvalue weighted by molar-refractivity contribution is 0.0372. The summed E-state index contributed by atoms with van der Waals surface area (Å²) in [5.74, 6) is -0.642. The van der Waals surface area contributed by atoms with E-state index in [4.69, 9.17) is 9.15 Å². The van der Waals surface area contributed by atoms with Crippen LogP contribution < -0.4 is 5.32 Å². The summed E-state index contributed by atoms with van der Waals surface area (Å²) in [7, 11) is 0. The maximum absolute atomic E-state index is 12.8. The Balaban J connectivity index is 1.84. The first-order chi connectivity index (χ1) is 13.5. The van der Waals surface area contributed by atoms with Crippen LogP contribution in [0.4, 0.5) is 0 Å². The predicted molar refractivity (Wildman–Crippen MR) is 105 cm³/mol. The van der Waals surface area contributed by atoms with Crippen molar-refractivity contribution in [3.8, 4) is 11.3 Å². The lowest BCUT2D eigenvalue weighted by atomic mass is 10.0. The molecule has 0 bridgehead atoms. The van der Waals surface area contributed by atoms with E-state index in [2.05, 4.69) is 10.3 Å². The lowest BCUT2D eigenvalue weighted by Crippen LogP contribution is -2.23. The first-order valence-corrected chi connectivity index (χ1v) is 9.03. The number of carbonyl (C=O) groups is 2. The topological polar surface area (TPSA) is 81.4 Å². The molecule has 3 rings (SSSR count). The monoisotopic (exact) mass is 378 g/mol. The van der Waals surface area contributed by atoms with Gasteiger partial charge in [-0.25, -0.2) is 9.78 Å². The second-order valence-electron chi connectivity index (χ2n) is 6.70.